The minimum Gasteiger partial charge on any atom is -0.494 e. The monoisotopic (exact) mass is 536 g/mol. The minimum absolute atomic E-state index is 0.0305. The Hall–Kier alpha value is -4.31. The van der Waals surface area contributed by atoms with Crippen molar-refractivity contribution in [3.63, 3.8) is 0 Å². The molecule has 0 saturated heterocycles. The molecule has 1 aliphatic heterocycles. The Morgan fingerprint density at radius 2 is 1.42 bits per heavy atom. The molecule has 2 heterocycles. The van der Waals surface area contributed by atoms with Gasteiger partial charge in [0.1, 0.15) is 22.0 Å². The summed E-state index contributed by atoms with van der Waals surface area (Å²) in [6.07, 6.45) is 1.69. The zero-order valence-electron chi connectivity index (χ0n) is 21.5. The van der Waals surface area contributed by atoms with Crippen LogP contribution in [0.15, 0.2) is 58.9 Å². The van der Waals surface area contributed by atoms with Crippen LogP contribution in [0.5, 0.6) is 11.5 Å². The van der Waals surface area contributed by atoms with Crippen LogP contribution < -0.4 is 30.0 Å². The lowest BCUT2D eigenvalue weighted by Gasteiger charge is -2.26. The number of nitrogens with two attached hydrogens (primary N) is 1. The molecule has 0 amide bonds. The van der Waals surface area contributed by atoms with Crippen LogP contribution in [0.25, 0.3) is 17.5 Å². The van der Waals surface area contributed by atoms with E-state index in [4.69, 9.17) is 24.7 Å². The van der Waals surface area contributed by atoms with Gasteiger partial charge in [-0.25, -0.2) is 9.59 Å². The second-order valence-corrected chi connectivity index (χ2v) is 9.22. The van der Waals surface area contributed by atoms with Gasteiger partial charge in [0, 0.05) is 0 Å². The average Bonchev–Trinajstić information content (AvgIpc) is 3.25. The van der Waals surface area contributed by atoms with E-state index in [1.54, 1.807) is 42.5 Å². The molecule has 2 N–H and O–H groups in total. The number of nitrogens with zero attached hydrogens (tertiary/aromatic N) is 1. The summed E-state index contributed by atoms with van der Waals surface area (Å²) < 4.78 is 22.9. The molecule has 1 atom stereocenters. The van der Waals surface area contributed by atoms with Crippen molar-refractivity contribution in [2.75, 3.05) is 27.4 Å². The van der Waals surface area contributed by atoms with Crippen molar-refractivity contribution in [2.24, 2.45) is 5.73 Å². The highest BCUT2D eigenvalue weighted by atomic mass is 32.1. The molecule has 1 aromatic heterocycles. The molecule has 0 radical (unpaired) electrons. The predicted octanol–water partition coefficient (Wildman–Crippen LogP) is 1.96. The quantitative estimate of drug-likeness (QED) is 0.434. The van der Waals surface area contributed by atoms with Gasteiger partial charge in [-0.1, -0.05) is 24.3 Å². The van der Waals surface area contributed by atoms with Crippen LogP contribution >= 0.6 is 11.3 Å². The molecule has 10 heteroatoms. The van der Waals surface area contributed by atoms with Crippen LogP contribution in [0, 0.1) is 0 Å². The summed E-state index contributed by atoms with van der Waals surface area (Å²) in [6, 6.07) is 14.2. The molecular formula is C28H28N2O7S. The number of thiazole rings is 1. The molecule has 1 aliphatic rings. The maximum absolute atomic E-state index is 13.5. The summed E-state index contributed by atoms with van der Waals surface area (Å²) in [6.45, 7) is 4.79. The van der Waals surface area contributed by atoms with Crippen molar-refractivity contribution < 1.29 is 28.5 Å². The van der Waals surface area contributed by atoms with Gasteiger partial charge in [0.25, 0.3) is 5.56 Å². The number of benzene rings is 2. The van der Waals surface area contributed by atoms with E-state index in [0.717, 1.165) is 16.9 Å². The SMILES string of the molecule is CCOc1ccc(/C=c2\sc3n(c2=O)C(N)=C(C(=O)OC)[C@H](c2ccc(OCC)cc2)C=3C(=O)OC)cc1. The Morgan fingerprint density at radius 3 is 1.95 bits per heavy atom. The van der Waals surface area contributed by atoms with E-state index >= 15 is 0 Å². The van der Waals surface area contributed by atoms with Gasteiger partial charge in [-0.3, -0.25) is 9.36 Å². The van der Waals surface area contributed by atoms with E-state index in [1.807, 2.05) is 26.0 Å². The van der Waals surface area contributed by atoms with Crippen molar-refractivity contribution >= 4 is 40.7 Å². The van der Waals surface area contributed by atoms with E-state index in [9.17, 15) is 14.4 Å². The fraction of sp³-hybridized carbons (Fsp3) is 0.250. The number of ether oxygens (including phenoxy) is 4. The molecule has 0 spiro atoms. The number of methoxy groups -OCH3 is 2. The van der Waals surface area contributed by atoms with Crippen molar-refractivity contribution in [2.45, 2.75) is 19.8 Å². The van der Waals surface area contributed by atoms with Crippen LogP contribution in [0.2, 0.25) is 0 Å². The highest BCUT2D eigenvalue weighted by Gasteiger charge is 2.39. The number of esters is 2. The Balaban J connectivity index is 2.00. The second kappa shape index (κ2) is 11.4. The maximum atomic E-state index is 13.5. The van der Waals surface area contributed by atoms with Gasteiger partial charge in [-0.15, -0.1) is 11.3 Å². The average molecular weight is 537 g/mol. The Morgan fingerprint density at radius 1 is 0.895 bits per heavy atom. The fourth-order valence-corrected chi connectivity index (χ4v) is 5.47. The van der Waals surface area contributed by atoms with Gasteiger partial charge in [0.05, 0.1) is 49.0 Å². The molecule has 0 fully saturated rings. The van der Waals surface area contributed by atoms with Crippen molar-refractivity contribution in [1.29, 1.82) is 0 Å². The Labute approximate surface area is 223 Å². The molecule has 0 bridgehead atoms. The number of rotatable bonds is 8. The molecule has 198 valence electrons. The number of hydrogen-bond acceptors (Lipinski definition) is 9. The lowest BCUT2D eigenvalue weighted by atomic mass is 9.83. The zero-order chi connectivity index (χ0) is 27.4. The highest BCUT2D eigenvalue weighted by molar-refractivity contribution is 7.07. The first kappa shape index (κ1) is 26.7. The summed E-state index contributed by atoms with van der Waals surface area (Å²) in [4.78, 5) is 39.7. The number of carbonyl (C=O) groups excluding carboxylic acids is 2. The second-order valence-electron chi connectivity index (χ2n) is 8.19. The molecule has 0 saturated carbocycles. The van der Waals surface area contributed by atoms with Crippen LogP contribution in [0.3, 0.4) is 0 Å². The summed E-state index contributed by atoms with van der Waals surface area (Å²) >= 11 is 1.09. The topological polar surface area (TPSA) is 119 Å². The van der Waals surface area contributed by atoms with E-state index in [2.05, 4.69) is 0 Å². The zero-order valence-corrected chi connectivity index (χ0v) is 22.3. The first-order valence-corrected chi connectivity index (χ1v) is 12.8. The third-order valence-electron chi connectivity index (χ3n) is 5.97. The lowest BCUT2D eigenvalue weighted by Crippen LogP contribution is -2.41. The summed E-state index contributed by atoms with van der Waals surface area (Å²) in [5, 5.41) is 0. The fourth-order valence-electron chi connectivity index (χ4n) is 4.30. The standard InChI is InChI=1S/C28H28N2O7S/c1-5-36-18-11-7-16(8-12-18)15-20-25(31)30-24(29)22(27(32)34-3)21(23(26(30)38-20)28(33)35-4)17-9-13-19(14-10-17)37-6-2/h7-15,21H,5-6,29H2,1-4H3/b20-15-/t21-/m0/s1. The number of aromatic nitrogens is 1. The summed E-state index contributed by atoms with van der Waals surface area (Å²) in [5.41, 5.74) is 7.41. The molecular weight excluding hydrogens is 508 g/mol. The number of carbonyl (C=O) groups is 2. The van der Waals surface area contributed by atoms with Crippen molar-refractivity contribution in [3.05, 3.63) is 84.8 Å². The minimum atomic E-state index is -0.929. The van der Waals surface area contributed by atoms with Gasteiger partial charge >= 0.3 is 11.9 Å². The van der Waals surface area contributed by atoms with Crippen molar-refractivity contribution in [1.82, 2.24) is 4.57 Å². The maximum Gasteiger partial charge on any atom is 0.338 e. The van der Waals surface area contributed by atoms with Gasteiger partial charge in [0.2, 0.25) is 0 Å². The first-order chi connectivity index (χ1) is 18.3. The van der Waals surface area contributed by atoms with E-state index in [1.165, 1.54) is 18.8 Å². The molecule has 3 aromatic rings. The normalized spacial score (nSPS) is 15.2. The van der Waals surface area contributed by atoms with E-state index in [-0.39, 0.29) is 21.6 Å². The number of hydrogen-bond donors (Lipinski definition) is 1. The van der Waals surface area contributed by atoms with Gasteiger partial charge in [-0.05, 0) is 55.3 Å². The van der Waals surface area contributed by atoms with Crippen LogP contribution in [0.4, 0.5) is 0 Å². The molecule has 4 rings (SSSR count). The third-order valence-corrected chi connectivity index (χ3v) is 7.08. The smallest absolute Gasteiger partial charge is 0.338 e. The Kier molecular flexibility index (Phi) is 8.02. The van der Waals surface area contributed by atoms with E-state index in [0.29, 0.717) is 34.8 Å². The molecule has 0 unspecified atom stereocenters. The van der Waals surface area contributed by atoms with Crippen LogP contribution in [-0.2, 0) is 19.1 Å². The van der Waals surface area contributed by atoms with Crippen LogP contribution in [0.1, 0.15) is 30.9 Å². The third kappa shape index (κ3) is 4.95. The summed E-state index contributed by atoms with van der Waals surface area (Å²) in [7, 11) is 2.46. The molecule has 38 heavy (non-hydrogen) atoms. The molecule has 2 aromatic carbocycles. The van der Waals surface area contributed by atoms with Gasteiger partial charge in [-0.2, -0.15) is 0 Å². The molecule has 0 aliphatic carbocycles. The molecule has 9 nitrogen and oxygen atoms in total. The van der Waals surface area contributed by atoms with Gasteiger partial charge in [0.15, 0.2) is 0 Å². The Bertz CT molecular complexity index is 1570. The summed E-state index contributed by atoms with van der Waals surface area (Å²) in [5.74, 6) is -1.15. The van der Waals surface area contributed by atoms with Crippen LogP contribution in [-0.4, -0.2) is 43.9 Å². The largest absolute Gasteiger partial charge is 0.494 e. The lowest BCUT2D eigenvalue weighted by molar-refractivity contribution is -0.136. The number of fused-ring (bicyclic) bond motifs is 1. The predicted molar refractivity (Wildman–Crippen MR) is 144 cm³/mol. The van der Waals surface area contributed by atoms with Gasteiger partial charge < -0.3 is 24.7 Å². The van der Waals surface area contributed by atoms with E-state index < -0.39 is 23.4 Å². The highest BCUT2D eigenvalue weighted by Crippen LogP contribution is 2.38. The first-order valence-electron chi connectivity index (χ1n) is 11.9. The van der Waals surface area contributed by atoms with Crippen molar-refractivity contribution in [3.8, 4) is 11.5 Å².